The van der Waals surface area contributed by atoms with Gasteiger partial charge in [0.05, 0.1) is 16.8 Å². The molecule has 0 saturated carbocycles. The van der Waals surface area contributed by atoms with Gasteiger partial charge < -0.3 is 15.5 Å². The minimum atomic E-state index is -0.458. The summed E-state index contributed by atoms with van der Waals surface area (Å²) in [6, 6.07) is 6.63. The largest absolute Gasteiger partial charge is 0.370 e. The van der Waals surface area contributed by atoms with Crippen LogP contribution in [0.3, 0.4) is 0 Å². The van der Waals surface area contributed by atoms with E-state index in [1.165, 1.54) is 32.3 Å². The van der Waals surface area contributed by atoms with Gasteiger partial charge in [0.2, 0.25) is 0 Å². The third kappa shape index (κ3) is 6.48. The molecule has 2 N–H and O–H groups in total. The molecule has 1 aliphatic heterocycles. The molecular formula is C31H37FN8O. The number of hydrogen-bond acceptors (Lipinski definition) is 8. The molecule has 3 aromatic heterocycles. The molecule has 0 aliphatic carbocycles. The van der Waals surface area contributed by atoms with E-state index in [0.717, 1.165) is 42.2 Å². The Balaban J connectivity index is 1.25. The van der Waals surface area contributed by atoms with Crippen LogP contribution in [0, 0.1) is 17.7 Å². The smallest absolute Gasteiger partial charge is 0.251 e. The third-order valence-electron chi connectivity index (χ3n) is 8.27. The first-order valence-corrected chi connectivity index (χ1v) is 14.2. The standard InChI is InChI=1S/C31H37FN8O/c1-19(20(2)23-5-6-25(32)29-24(31(41)33-3)7-10-34-30(23)29)15-35-28-14-26(38-18-39-28)22-16-36-27(37-17-22)13-21-8-11-40(4)12-9-21/h5-7,10,14,16-21H,8-9,11-13,15H2,1-4H3,(H,33,41)(H,35,38,39)/t19-,20?/m1/s1. The first-order chi connectivity index (χ1) is 19.8. The molecule has 1 amide bonds. The number of carbonyl (C=O) groups is 1. The number of hydrogen-bond donors (Lipinski definition) is 2. The van der Waals surface area contributed by atoms with Gasteiger partial charge in [-0.3, -0.25) is 9.78 Å². The number of rotatable bonds is 9. The Hall–Kier alpha value is -4.05. The van der Waals surface area contributed by atoms with Crippen molar-refractivity contribution >= 4 is 22.6 Å². The summed E-state index contributed by atoms with van der Waals surface area (Å²) in [5, 5.41) is 6.25. The van der Waals surface area contributed by atoms with Crippen molar-refractivity contribution in [3.8, 4) is 11.3 Å². The fourth-order valence-corrected chi connectivity index (χ4v) is 5.42. The number of fused-ring (bicyclic) bond motifs is 1. The normalized spacial score (nSPS) is 15.9. The summed E-state index contributed by atoms with van der Waals surface area (Å²) in [4.78, 5) is 37.2. The Morgan fingerprint density at radius 3 is 2.56 bits per heavy atom. The third-order valence-corrected chi connectivity index (χ3v) is 8.27. The van der Waals surface area contributed by atoms with Crippen molar-refractivity contribution in [1.82, 2.24) is 35.1 Å². The number of nitrogens with one attached hydrogen (secondary N) is 2. The van der Waals surface area contributed by atoms with Gasteiger partial charge in [-0.15, -0.1) is 0 Å². The summed E-state index contributed by atoms with van der Waals surface area (Å²) in [7, 11) is 3.70. The molecule has 4 heterocycles. The van der Waals surface area contributed by atoms with Crippen LogP contribution in [0.25, 0.3) is 22.2 Å². The van der Waals surface area contributed by atoms with Crippen LogP contribution in [0.2, 0.25) is 0 Å². The molecule has 2 atom stereocenters. The zero-order chi connectivity index (χ0) is 28.9. The Labute approximate surface area is 240 Å². The fraction of sp³-hybridized carbons (Fsp3) is 0.419. The van der Waals surface area contributed by atoms with E-state index in [1.807, 2.05) is 18.5 Å². The van der Waals surface area contributed by atoms with E-state index < -0.39 is 5.82 Å². The Morgan fingerprint density at radius 1 is 1.07 bits per heavy atom. The van der Waals surface area contributed by atoms with E-state index in [2.05, 4.69) is 61.3 Å². The molecule has 1 unspecified atom stereocenters. The first-order valence-electron chi connectivity index (χ1n) is 14.2. The molecule has 0 radical (unpaired) electrons. The molecule has 214 valence electrons. The summed E-state index contributed by atoms with van der Waals surface area (Å²) >= 11 is 0. The molecule has 5 rings (SSSR count). The summed E-state index contributed by atoms with van der Waals surface area (Å²) in [5.74, 6) is 1.60. The van der Waals surface area contributed by atoms with Gasteiger partial charge >= 0.3 is 0 Å². The van der Waals surface area contributed by atoms with Crippen molar-refractivity contribution in [2.24, 2.45) is 11.8 Å². The second-order valence-corrected chi connectivity index (χ2v) is 11.1. The number of benzene rings is 1. The summed E-state index contributed by atoms with van der Waals surface area (Å²) in [5.41, 5.74) is 3.28. The number of anilines is 1. The van der Waals surface area contributed by atoms with Crippen molar-refractivity contribution in [2.45, 2.75) is 39.0 Å². The van der Waals surface area contributed by atoms with E-state index in [4.69, 9.17) is 0 Å². The SMILES string of the molecule is CNC(=O)c1ccnc2c(C(C)[C@H](C)CNc3cc(-c4cnc(CC5CCN(C)CC5)nc4)ncn3)ccc(F)c12. The average molecular weight is 557 g/mol. The predicted molar refractivity (Wildman–Crippen MR) is 158 cm³/mol. The van der Waals surface area contributed by atoms with Gasteiger partial charge in [-0.25, -0.2) is 24.3 Å². The zero-order valence-electron chi connectivity index (χ0n) is 24.1. The van der Waals surface area contributed by atoms with Crippen molar-refractivity contribution in [1.29, 1.82) is 0 Å². The van der Waals surface area contributed by atoms with Crippen LogP contribution in [0.4, 0.5) is 10.2 Å². The molecule has 0 bridgehead atoms. The van der Waals surface area contributed by atoms with E-state index in [-0.39, 0.29) is 28.7 Å². The summed E-state index contributed by atoms with van der Waals surface area (Å²) in [6.45, 7) is 7.09. The van der Waals surface area contributed by atoms with Crippen LogP contribution in [0.5, 0.6) is 0 Å². The van der Waals surface area contributed by atoms with Gasteiger partial charge in [0.15, 0.2) is 0 Å². The van der Waals surface area contributed by atoms with Crippen molar-refractivity contribution in [2.75, 3.05) is 39.0 Å². The lowest BCUT2D eigenvalue weighted by molar-refractivity contribution is 0.0964. The number of pyridine rings is 1. The maximum Gasteiger partial charge on any atom is 0.251 e. The molecule has 1 fully saturated rings. The topological polar surface area (TPSA) is 109 Å². The molecule has 10 heteroatoms. The van der Waals surface area contributed by atoms with Gasteiger partial charge in [-0.1, -0.05) is 19.9 Å². The number of carbonyl (C=O) groups excluding carboxylic acids is 1. The fourth-order valence-electron chi connectivity index (χ4n) is 5.42. The predicted octanol–water partition coefficient (Wildman–Crippen LogP) is 4.72. The van der Waals surface area contributed by atoms with Gasteiger partial charge in [-0.2, -0.15) is 0 Å². The second kappa shape index (κ2) is 12.6. The van der Waals surface area contributed by atoms with Crippen molar-refractivity contribution in [3.63, 3.8) is 0 Å². The van der Waals surface area contributed by atoms with Crippen molar-refractivity contribution < 1.29 is 9.18 Å². The number of halogens is 1. The summed E-state index contributed by atoms with van der Waals surface area (Å²) in [6.07, 6.45) is 10.1. The lowest BCUT2D eigenvalue weighted by Gasteiger charge is -2.28. The van der Waals surface area contributed by atoms with Gasteiger partial charge in [-0.05, 0) is 68.4 Å². The molecule has 4 aromatic rings. The zero-order valence-corrected chi connectivity index (χ0v) is 24.1. The van der Waals surface area contributed by atoms with Gasteiger partial charge in [0.25, 0.3) is 5.91 Å². The maximum atomic E-state index is 14.8. The lowest BCUT2D eigenvalue weighted by atomic mass is 9.86. The molecule has 0 spiro atoms. The number of likely N-dealkylation sites (tertiary alicyclic amines) is 1. The molecule has 1 aromatic carbocycles. The minimum absolute atomic E-state index is 0.0323. The monoisotopic (exact) mass is 556 g/mol. The minimum Gasteiger partial charge on any atom is -0.370 e. The molecule has 9 nitrogen and oxygen atoms in total. The number of aromatic nitrogens is 5. The van der Waals surface area contributed by atoms with Crippen LogP contribution >= 0.6 is 0 Å². The van der Waals surface area contributed by atoms with E-state index in [1.54, 1.807) is 18.3 Å². The lowest BCUT2D eigenvalue weighted by Crippen LogP contribution is -2.31. The second-order valence-electron chi connectivity index (χ2n) is 11.1. The van der Waals surface area contributed by atoms with Gasteiger partial charge in [0.1, 0.15) is 23.8 Å². The Bertz CT molecular complexity index is 1500. The van der Waals surface area contributed by atoms with Crippen LogP contribution in [-0.4, -0.2) is 69.5 Å². The van der Waals surface area contributed by atoms with Crippen molar-refractivity contribution in [3.05, 3.63) is 72.0 Å². The number of amides is 1. The van der Waals surface area contributed by atoms with Crippen LogP contribution in [0.15, 0.2) is 49.2 Å². The quantitative estimate of drug-likeness (QED) is 0.305. The molecule has 1 aliphatic rings. The maximum absolute atomic E-state index is 14.8. The van der Waals surface area contributed by atoms with Crippen LogP contribution in [-0.2, 0) is 6.42 Å². The Kier molecular flexibility index (Phi) is 8.78. The highest BCUT2D eigenvalue weighted by atomic mass is 19.1. The average Bonchev–Trinajstić information content (AvgIpc) is 3.00. The van der Waals surface area contributed by atoms with E-state index in [0.29, 0.717) is 23.8 Å². The highest BCUT2D eigenvalue weighted by Crippen LogP contribution is 2.32. The molecule has 41 heavy (non-hydrogen) atoms. The van der Waals surface area contributed by atoms with E-state index in [9.17, 15) is 9.18 Å². The number of nitrogens with zero attached hydrogens (tertiary/aromatic N) is 6. The van der Waals surface area contributed by atoms with Crippen LogP contribution < -0.4 is 10.6 Å². The molecular weight excluding hydrogens is 519 g/mol. The Morgan fingerprint density at radius 2 is 1.83 bits per heavy atom. The summed E-state index contributed by atoms with van der Waals surface area (Å²) < 4.78 is 14.8. The highest BCUT2D eigenvalue weighted by molar-refractivity contribution is 6.06. The first kappa shape index (κ1) is 28.5. The van der Waals surface area contributed by atoms with Crippen LogP contribution in [0.1, 0.15) is 54.4 Å². The van der Waals surface area contributed by atoms with Gasteiger partial charge in [0, 0.05) is 55.6 Å². The number of piperidine rings is 1. The van der Waals surface area contributed by atoms with E-state index >= 15 is 0 Å². The molecule has 1 saturated heterocycles. The highest BCUT2D eigenvalue weighted by Gasteiger charge is 2.22.